The molecule has 1 saturated heterocycles. The minimum atomic E-state index is -0.332. The maximum Gasteiger partial charge on any atom is 0.240 e. The lowest BCUT2D eigenvalue weighted by Gasteiger charge is -2.34. The monoisotopic (exact) mass is 422 g/mol. The maximum atomic E-state index is 13.3. The highest BCUT2D eigenvalue weighted by Gasteiger charge is 2.27. The van der Waals surface area contributed by atoms with Gasteiger partial charge in [-0.1, -0.05) is 6.07 Å². The van der Waals surface area contributed by atoms with Gasteiger partial charge in [0.15, 0.2) is 0 Å². The summed E-state index contributed by atoms with van der Waals surface area (Å²) >= 11 is 1.50. The number of aromatic amines is 1. The Morgan fingerprint density at radius 1 is 1.23 bits per heavy atom. The van der Waals surface area contributed by atoms with Crippen LogP contribution in [0.25, 0.3) is 10.9 Å². The molecule has 0 radical (unpaired) electrons. The number of fused-ring (bicyclic) bond motifs is 1. The first-order valence-electron chi connectivity index (χ1n) is 10.2. The number of nitrogens with one attached hydrogen (secondary N) is 2. The molecule has 4 rings (SSSR count). The Bertz CT molecular complexity index is 1040. The number of amides is 1. The molecule has 1 aliphatic rings. The summed E-state index contributed by atoms with van der Waals surface area (Å²) < 4.78 is 5.33. The number of hydrogen-bond acceptors (Lipinski definition) is 5. The van der Waals surface area contributed by atoms with Crippen LogP contribution in [0.15, 0.2) is 53.7 Å². The molecule has 0 bridgehead atoms. The van der Waals surface area contributed by atoms with Crippen LogP contribution in [0.1, 0.15) is 12.1 Å². The largest absolute Gasteiger partial charge is 0.361 e. The third-order valence-corrected chi connectivity index (χ3v) is 6.56. The number of benzene rings is 1. The molecule has 156 valence electrons. The molecule has 1 aromatic carbocycles. The van der Waals surface area contributed by atoms with Crippen LogP contribution in [0.3, 0.4) is 0 Å². The van der Waals surface area contributed by atoms with Crippen molar-refractivity contribution in [3.8, 4) is 6.07 Å². The van der Waals surface area contributed by atoms with Gasteiger partial charge in [-0.2, -0.15) is 5.26 Å². The van der Waals surface area contributed by atoms with Crippen LogP contribution in [-0.2, 0) is 11.3 Å². The summed E-state index contributed by atoms with van der Waals surface area (Å²) in [7, 11) is 2.08. The summed E-state index contributed by atoms with van der Waals surface area (Å²) in [5.74, 6) is 0.127. The summed E-state index contributed by atoms with van der Waals surface area (Å²) in [6.07, 6.45) is 4.44. The van der Waals surface area contributed by atoms with E-state index in [0.29, 0.717) is 18.7 Å². The number of H-pyrrole nitrogens is 1. The Labute approximate surface area is 180 Å². The zero-order valence-corrected chi connectivity index (χ0v) is 17.9. The van der Waals surface area contributed by atoms with Gasteiger partial charge in [0, 0.05) is 60.9 Å². The molecule has 2 aromatic heterocycles. The van der Waals surface area contributed by atoms with Crippen molar-refractivity contribution in [3.63, 3.8) is 0 Å². The average molecular weight is 423 g/mol. The van der Waals surface area contributed by atoms with Crippen LogP contribution in [0, 0.1) is 11.3 Å². The van der Waals surface area contributed by atoms with Gasteiger partial charge < -0.3 is 19.4 Å². The van der Waals surface area contributed by atoms with Crippen LogP contribution in [0.5, 0.6) is 0 Å². The summed E-state index contributed by atoms with van der Waals surface area (Å²) in [6, 6.07) is 13.7. The predicted molar refractivity (Wildman–Crippen MR) is 119 cm³/mol. The maximum absolute atomic E-state index is 13.3. The van der Waals surface area contributed by atoms with Gasteiger partial charge in [0.25, 0.3) is 0 Å². The first kappa shape index (κ1) is 20.5. The van der Waals surface area contributed by atoms with E-state index in [-0.39, 0.29) is 11.9 Å². The first-order chi connectivity index (χ1) is 14.7. The number of carbonyl (C=O) groups excluding carboxylic acids is 1. The van der Waals surface area contributed by atoms with Crippen LogP contribution < -0.4 is 4.72 Å². The molecular weight excluding hydrogens is 396 g/mol. The Hall–Kier alpha value is -2.73. The molecule has 0 aliphatic carbocycles. The normalized spacial score (nSPS) is 15.9. The number of nitrogens with zero attached hydrogens (tertiary/aromatic N) is 4. The molecular formula is C22H26N6OS. The third kappa shape index (κ3) is 4.54. The highest BCUT2D eigenvalue weighted by Crippen LogP contribution is 2.26. The van der Waals surface area contributed by atoms with Gasteiger partial charge in [0.2, 0.25) is 5.91 Å². The fourth-order valence-corrected chi connectivity index (χ4v) is 4.66. The lowest BCUT2D eigenvalue weighted by molar-refractivity contribution is -0.134. The van der Waals surface area contributed by atoms with E-state index in [2.05, 4.69) is 39.9 Å². The molecule has 2 N–H and O–H groups in total. The highest BCUT2D eigenvalue weighted by atomic mass is 32.2. The Balaban J connectivity index is 1.48. The number of carbonyl (C=O) groups is 1. The quantitative estimate of drug-likeness (QED) is 0.572. The number of hydrogen-bond donors (Lipinski definition) is 2. The van der Waals surface area contributed by atoms with E-state index in [1.165, 1.54) is 11.9 Å². The SMILES string of the molecule is CN1CCN(C(=O)C(CCn2cccc2C#N)NSc2cccc3[nH]ccc23)CC1. The molecule has 1 atom stereocenters. The number of rotatable bonds is 7. The van der Waals surface area contributed by atoms with Crippen molar-refractivity contribution >= 4 is 28.8 Å². The van der Waals surface area contributed by atoms with Crippen molar-refractivity contribution in [2.75, 3.05) is 33.2 Å². The number of piperazine rings is 1. The molecule has 3 heterocycles. The summed E-state index contributed by atoms with van der Waals surface area (Å²) in [6.45, 7) is 3.90. The van der Waals surface area contributed by atoms with Gasteiger partial charge in [-0.05, 0) is 55.7 Å². The topological polar surface area (TPSA) is 80.1 Å². The highest BCUT2D eigenvalue weighted by molar-refractivity contribution is 7.97. The molecule has 1 unspecified atom stereocenters. The smallest absolute Gasteiger partial charge is 0.240 e. The Kier molecular flexibility index (Phi) is 6.43. The van der Waals surface area contributed by atoms with E-state index in [9.17, 15) is 10.1 Å². The van der Waals surface area contributed by atoms with E-state index < -0.39 is 0 Å². The predicted octanol–water partition coefficient (Wildman–Crippen LogP) is 2.67. The fourth-order valence-electron chi connectivity index (χ4n) is 3.74. The van der Waals surface area contributed by atoms with Crippen molar-refractivity contribution < 1.29 is 4.79 Å². The van der Waals surface area contributed by atoms with Crippen LogP contribution in [0.2, 0.25) is 0 Å². The lowest BCUT2D eigenvalue weighted by Crippen LogP contribution is -2.52. The molecule has 1 aliphatic heterocycles. The van der Waals surface area contributed by atoms with Crippen molar-refractivity contribution in [2.45, 2.75) is 23.9 Å². The van der Waals surface area contributed by atoms with Gasteiger partial charge in [-0.25, -0.2) is 4.72 Å². The van der Waals surface area contributed by atoms with Gasteiger partial charge in [-0.3, -0.25) is 4.79 Å². The van der Waals surface area contributed by atoms with Crippen molar-refractivity contribution in [2.24, 2.45) is 0 Å². The van der Waals surface area contributed by atoms with Gasteiger partial charge in [0.05, 0.1) is 6.04 Å². The molecule has 8 heteroatoms. The van der Waals surface area contributed by atoms with Crippen LogP contribution in [-0.4, -0.2) is 64.5 Å². The van der Waals surface area contributed by atoms with E-state index in [1.54, 1.807) is 6.07 Å². The second-order valence-electron chi connectivity index (χ2n) is 7.58. The number of aryl methyl sites for hydroxylation is 1. The van der Waals surface area contributed by atoms with Crippen molar-refractivity contribution in [1.29, 1.82) is 5.26 Å². The summed E-state index contributed by atoms with van der Waals surface area (Å²) in [4.78, 5) is 21.8. The Morgan fingerprint density at radius 3 is 2.87 bits per heavy atom. The molecule has 30 heavy (non-hydrogen) atoms. The number of likely N-dealkylation sites (N-methyl/N-ethyl adjacent to an activating group) is 1. The number of nitriles is 1. The molecule has 7 nitrogen and oxygen atoms in total. The summed E-state index contributed by atoms with van der Waals surface area (Å²) in [5, 5.41) is 10.4. The number of aromatic nitrogens is 2. The van der Waals surface area contributed by atoms with E-state index in [1.807, 2.05) is 40.1 Å². The molecule has 0 spiro atoms. The zero-order valence-electron chi connectivity index (χ0n) is 17.0. The van der Waals surface area contributed by atoms with E-state index in [4.69, 9.17) is 0 Å². The van der Waals surface area contributed by atoms with Crippen molar-refractivity contribution in [1.82, 2.24) is 24.1 Å². The average Bonchev–Trinajstić information content (AvgIpc) is 3.43. The van der Waals surface area contributed by atoms with E-state index >= 15 is 0 Å². The molecule has 3 aromatic rings. The minimum absolute atomic E-state index is 0.127. The zero-order chi connectivity index (χ0) is 20.9. The second-order valence-corrected chi connectivity index (χ2v) is 8.46. The second kappa shape index (κ2) is 9.39. The lowest BCUT2D eigenvalue weighted by atomic mass is 10.1. The third-order valence-electron chi connectivity index (χ3n) is 5.58. The summed E-state index contributed by atoms with van der Waals surface area (Å²) in [5.41, 5.74) is 1.69. The van der Waals surface area contributed by atoms with Gasteiger partial charge >= 0.3 is 0 Å². The van der Waals surface area contributed by atoms with Crippen LogP contribution >= 0.6 is 11.9 Å². The van der Waals surface area contributed by atoms with E-state index in [0.717, 1.165) is 42.0 Å². The molecule has 0 saturated carbocycles. The minimum Gasteiger partial charge on any atom is -0.361 e. The van der Waals surface area contributed by atoms with Crippen LogP contribution in [0.4, 0.5) is 0 Å². The van der Waals surface area contributed by atoms with Crippen molar-refractivity contribution in [3.05, 3.63) is 54.5 Å². The standard InChI is InChI=1S/C22H26N6OS/c1-26-12-14-28(15-13-26)22(29)20(8-11-27-10-3-4-17(27)16-23)25-30-21-6-2-5-19-18(21)7-9-24-19/h2-7,9-10,20,24-25H,8,11-15H2,1H3. The fraction of sp³-hybridized carbons (Fsp3) is 0.364. The molecule has 1 amide bonds. The first-order valence-corrected chi connectivity index (χ1v) is 11.0. The Morgan fingerprint density at radius 2 is 2.07 bits per heavy atom. The van der Waals surface area contributed by atoms with Gasteiger partial charge in [0.1, 0.15) is 11.8 Å². The van der Waals surface area contributed by atoms with Gasteiger partial charge in [-0.15, -0.1) is 0 Å². The molecule has 1 fully saturated rings.